The average Bonchev–Trinajstić information content (AvgIpc) is 2.12. The molecule has 0 atom stereocenters. The van der Waals surface area contributed by atoms with Gasteiger partial charge in [-0.1, -0.05) is 12.1 Å². The Hall–Kier alpha value is -1.55. The van der Waals surface area contributed by atoms with Gasteiger partial charge in [0, 0.05) is 0 Å². The van der Waals surface area contributed by atoms with Crippen LogP contribution in [0.15, 0.2) is 18.2 Å². The molecule has 88 valence electrons. The van der Waals surface area contributed by atoms with E-state index in [0.29, 0.717) is 5.56 Å². The second-order valence-corrected chi connectivity index (χ2v) is 4.53. The fourth-order valence-corrected chi connectivity index (χ4v) is 1.15. The molecule has 0 unspecified atom stereocenters. The van der Waals surface area contributed by atoms with Crippen molar-refractivity contribution in [2.24, 2.45) is 0 Å². The van der Waals surface area contributed by atoms with Gasteiger partial charge in [0.2, 0.25) is 0 Å². The van der Waals surface area contributed by atoms with E-state index in [1.807, 2.05) is 20.8 Å². The monoisotopic (exact) mass is 224 g/mol. The van der Waals surface area contributed by atoms with Gasteiger partial charge in [-0.15, -0.1) is 0 Å². The van der Waals surface area contributed by atoms with Crippen molar-refractivity contribution in [3.05, 3.63) is 29.3 Å². The molecule has 0 aliphatic rings. The van der Waals surface area contributed by atoms with Crippen molar-refractivity contribution in [1.82, 2.24) is 0 Å². The zero-order chi connectivity index (χ0) is 12.3. The maximum absolute atomic E-state index is 11.0. The first-order valence-electron chi connectivity index (χ1n) is 5.00. The molecule has 0 spiro atoms. The minimum absolute atomic E-state index is 0.131. The normalized spacial score (nSPS) is 11.2. The van der Waals surface area contributed by atoms with E-state index < -0.39 is 11.6 Å². The molecule has 0 saturated heterocycles. The second kappa shape index (κ2) is 4.53. The summed E-state index contributed by atoms with van der Waals surface area (Å²) in [6.45, 7) is 7.18. The number of rotatable bonds is 3. The third kappa shape index (κ3) is 3.24. The topological polar surface area (TPSA) is 55.8 Å². The van der Waals surface area contributed by atoms with E-state index in [4.69, 9.17) is 14.9 Å². The molecule has 16 heavy (non-hydrogen) atoms. The van der Waals surface area contributed by atoms with Crippen molar-refractivity contribution in [2.75, 3.05) is 0 Å². The van der Waals surface area contributed by atoms with Crippen LogP contribution in [0.5, 0.6) is 5.75 Å². The van der Waals surface area contributed by atoms with Crippen LogP contribution < -0.4 is 4.89 Å². The van der Waals surface area contributed by atoms with Crippen LogP contribution in [0.1, 0.15) is 36.7 Å². The molecule has 0 amide bonds. The van der Waals surface area contributed by atoms with Crippen LogP contribution in [0.2, 0.25) is 0 Å². The first-order chi connectivity index (χ1) is 7.31. The Kier molecular flexibility index (Phi) is 3.55. The number of hydrogen-bond acceptors (Lipinski definition) is 3. The molecule has 0 fully saturated rings. The minimum Gasteiger partial charge on any atom is -0.478 e. The van der Waals surface area contributed by atoms with Crippen LogP contribution in [-0.4, -0.2) is 16.7 Å². The molecule has 4 nitrogen and oxygen atoms in total. The van der Waals surface area contributed by atoms with E-state index in [0.717, 1.165) is 0 Å². The number of aromatic carboxylic acids is 1. The van der Waals surface area contributed by atoms with Crippen molar-refractivity contribution in [1.29, 1.82) is 0 Å². The summed E-state index contributed by atoms with van der Waals surface area (Å²) < 4.78 is 0. The summed E-state index contributed by atoms with van der Waals surface area (Å²) in [6, 6.07) is 5.01. The van der Waals surface area contributed by atoms with Gasteiger partial charge in [0.15, 0.2) is 5.75 Å². The molecule has 1 aromatic rings. The van der Waals surface area contributed by atoms with Gasteiger partial charge >= 0.3 is 5.97 Å². The van der Waals surface area contributed by atoms with Gasteiger partial charge in [-0.3, -0.25) is 0 Å². The van der Waals surface area contributed by atoms with Crippen LogP contribution in [0.3, 0.4) is 0 Å². The predicted molar refractivity (Wildman–Crippen MR) is 59.6 cm³/mol. The molecule has 1 aromatic carbocycles. The molecule has 0 saturated carbocycles. The number of carboxylic acids is 1. The zero-order valence-corrected chi connectivity index (χ0v) is 9.90. The van der Waals surface area contributed by atoms with Gasteiger partial charge in [-0.25, -0.2) is 4.79 Å². The Morgan fingerprint density at radius 3 is 2.44 bits per heavy atom. The Morgan fingerprint density at radius 1 is 1.31 bits per heavy atom. The summed E-state index contributed by atoms with van der Waals surface area (Å²) >= 11 is 0. The van der Waals surface area contributed by atoms with E-state index in [2.05, 4.69) is 0 Å². The number of aryl methyl sites for hydroxylation is 1. The Bertz CT molecular complexity index is 390. The lowest BCUT2D eigenvalue weighted by Gasteiger charge is -2.18. The van der Waals surface area contributed by atoms with Gasteiger partial charge in [-0.2, -0.15) is 4.89 Å². The summed E-state index contributed by atoms with van der Waals surface area (Å²) in [4.78, 5) is 21.2. The highest BCUT2D eigenvalue weighted by atomic mass is 17.2. The zero-order valence-electron chi connectivity index (χ0n) is 9.90. The summed E-state index contributed by atoms with van der Waals surface area (Å²) in [5.41, 5.74) is 0.286. The van der Waals surface area contributed by atoms with Crippen molar-refractivity contribution in [3.63, 3.8) is 0 Å². The first-order valence-corrected chi connectivity index (χ1v) is 5.00. The molecule has 0 aromatic heterocycles. The summed E-state index contributed by atoms with van der Waals surface area (Å²) in [5.74, 6) is -0.798. The van der Waals surface area contributed by atoms with Crippen molar-refractivity contribution in [2.45, 2.75) is 33.3 Å². The smallest absolute Gasteiger partial charge is 0.339 e. The molecule has 0 aliphatic heterocycles. The third-order valence-electron chi connectivity index (χ3n) is 1.83. The molecule has 4 heteroatoms. The summed E-state index contributed by atoms with van der Waals surface area (Å²) in [5, 5.41) is 9.04. The highest BCUT2D eigenvalue weighted by molar-refractivity contribution is 5.92. The Labute approximate surface area is 94.7 Å². The number of carbonyl (C=O) groups is 1. The lowest BCUT2D eigenvalue weighted by molar-refractivity contribution is -0.274. The van der Waals surface area contributed by atoms with E-state index in [-0.39, 0.29) is 11.3 Å². The molecular formula is C12H16O4. The van der Waals surface area contributed by atoms with E-state index in [1.54, 1.807) is 25.1 Å². The molecular weight excluding hydrogens is 208 g/mol. The summed E-state index contributed by atoms with van der Waals surface area (Å²) in [6.07, 6.45) is 0. The highest BCUT2D eigenvalue weighted by Crippen LogP contribution is 2.23. The SMILES string of the molecule is Cc1cccc(OOC(C)(C)C)c1C(=O)O. The fourth-order valence-electron chi connectivity index (χ4n) is 1.15. The molecule has 0 bridgehead atoms. The van der Waals surface area contributed by atoms with E-state index in [1.165, 1.54) is 0 Å². The lowest BCUT2D eigenvalue weighted by atomic mass is 10.1. The fraction of sp³-hybridized carbons (Fsp3) is 0.417. The summed E-state index contributed by atoms with van der Waals surface area (Å²) in [7, 11) is 0. The van der Waals surface area contributed by atoms with Gasteiger partial charge in [0.1, 0.15) is 11.2 Å². The predicted octanol–water partition coefficient (Wildman–Crippen LogP) is 2.80. The molecule has 0 heterocycles. The Balaban J connectivity index is 2.96. The second-order valence-electron chi connectivity index (χ2n) is 4.53. The van der Waals surface area contributed by atoms with Crippen molar-refractivity contribution < 1.29 is 19.7 Å². The third-order valence-corrected chi connectivity index (χ3v) is 1.83. The first kappa shape index (κ1) is 12.5. The maximum atomic E-state index is 11.0. The number of benzene rings is 1. The molecule has 1 N–H and O–H groups in total. The van der Waals surface area contributed by atoms with Crippen LogP contribution in [0.4, 0.5) is 0 Å². The highest BCUT2D eigenvalue weighted by Gasteiger charge is 2.18. The maximum Gasteiger partial charge on any atom is 0.339 e. The molecule has 1 rings (SSSR count). The standard InChI is InChI=1S/C12H16O4/c1-8-6-5-7-9(10(8)11(13)14)15-16-12(2,3)4/h5-7H,1-4H3,(H,13,14). The Morgan fingerprint density at radius 2 is 1.94 bits per heavy atom. The van der Waals surface area contributed by atoms with Crippen LogP contribution in [0, 0.1) is 6.92 Å². The minimum atomic E-state index is -1.02. The van der Waals surface area contributed by atoms with E-state index in [9.17, 15) is 4.79 Å². The lowest BCUT2D eigenvalue weighted by Crippen LogP contribution is -2.22. The van der Waals surface area contributed by atoms with Crippen LogP contribution in [0.25, 0.3) is 0 Å². The number of carboxylic acid groups (broad SMARTS) is 1. The van der Waals surface area contributed by atoms with Crippen molar-refractivity contribution in [3.8, 4) is 5.75 Å². The largest absolute Gasteiger partial charge is 0.478 e. The average molecular weight is 224 g/mol. The van der Waals surface area contributed by atoms with Gasteiger partial charge in [-0.05, 0) is 39.3 Å². The van der Waals surface area contributed by atoms with Gasteiger partial charge in [0.05, 0.1) is 0 Å². The van der Waals surface area contributed by atoms with Gasteiger partial charge < -0.3 is 9.99 Å². The molecule has 0 aliphatic carbocycles. The van der Waals surface area contributed by atoms with E-state index >= 15 is 0 Å². The molecule has 0 radical (unpaired) electrons. The number of hydrogen-bond donors (Lipinski definition) is 1. The quantitative estimate of drug-likeness (QED) is 0.633. The van der Waals surface area contributed by atoms with Crippen LogP contribution >= 0.6 is 0 Å². The van der Waals surface area contributed by atoms with Crippen LogP contribution in [-0.2, 0) is 4.89 Å². The van der Waals surface area contributed by atoms with Crippen molar-refractivity contribution >= 4 is 5.97 Å². The van der Waals surface area contributed by atoms with Gasteiger partial charge in [0.25, 0.3) is 0 Å².